The summed E-state index contributed by atoms with van der Waals surface area (Å²) in [5.41, 5.74) is 8.26. The van der Waals surface area contributed by atoms with Gasteiger partial charge in [0.05, 0.1) is 29.9 Å². The fourth-order valence-electron chi connectivity index (χ4n) is 4.89. The second-order valence-electron chi connectivity index (χ2n) is 8.54. The van der Waals surface area contributed by atoms with E-state index in [1.54, 1.807) is 14.8 Å². The van der Waals surface area contributed by atoms with Gasteiger partial charge in [-0.3, -0.25) is 9.59 Å². The Morgan fingerprint density at radius 1 is 1.25 bits per heavy atom. The number of nitrogens with zero attached hydrogens (tertiary/aromatic N) is 5. The highest BCUT2D eigenvalue weighted by Crippen LogP contribution is 2.37. The van der Waals surface area contributed by atoms with Gasteiger partial charge in [-0.15, -0.1) is 6.42 Å². The maximum atomic E-state index is 13.9. The number of anilines is 1. The molecule has 3 heterocycles. The van der Waals surface area contributed by atoms with Crippen molar-refractivity contribution in [1.29, 1.82) is 0 Å². The molecule has 11 heteroatoms. The molecule has 0 spiro atoms. The second-order valence-corrected chi connectivity index (χ2v) is 9.61. The van der Waals surface area contributed by atoms with Crippen molar-refractivity contribution in [2.45, 2.75) is 18.8 Å². The second kappa shape index (κ2) is 9.49. The molecular formula is C25H25N7O3S. The molecule has 0 saturated carbocycles. The van der Waals surface area contributed by atoms with Crippen LogP contribution in [-0.4, -0.2) is 75.5 Å². The lowest BCUT2D eigenvalue weighted by molar-refractivity contribution is -0.158. The van der Waals surface area contributed by atoms with Gasteiger partial charge in [0.2, 0.25) is 5.91 Å². The lowest BCUT2D eigenvalue weighted by Gasteiger charge is -2.46. The molecule has 36 heavy (non-hydrogen) atoms. The first-order valence-electron chi connectivity index (χ1n) is 11.4. The molecule has 0 aliphatic carbocycles. The summed E-state index contributed by atoms with van der Waals surface area (Å²) < 4.78 is 0.938. The number of nitrogens with one attached hydrogen (secondary N) is 1. The van der Waals surface area contributed by atoms with E-state index in [9.17, 15) is 14.4 Å². The Bertz CT molecular complexity index is 1370. The van der Waals surface area contributed by atoms with E-state index in [0.717, 1.165) is 15.8 Å². The van der Waals surface area contributed by atoms with Crippen molar-refractivity contribution >= 4 is 44.5 Å². The molecule has 4 amide bonds. The van der Waals surface area contributed by atoms with Crippen molar-refractivity contribution < 1.29 is 14.4 Å². The molecule has 2 saturated heterocycles. The third-order valence-electron chi connectivity index (χ3n) is 6.45. The number of benzene rings is 2. The molecule has 10 nitrogen and oxygen atoms in total. The van der Waals surface area contributed by atoms with E-state index in [-0.39, 0.29) is 38.0 Å². The predicted molar refractivity (Wildman–Crippen MR) is 136 cm³/mol. The van der Waals surface area contributed by atoms with Crippen molar-refractivity contribution in [2.24, 2.45) is 0 Å². The van der Waals surface area contributed by atoms with Gasteiger partial charge in [0.1, 0.15) is 12.2 Å². The topological polar surface area (TPSA) is 115 Å². The van der Waals surface area contributed by atoms with Crippen molar-refractivity contribution in [3.63, 3.8) is 0 Å². The molecule has 2 atom stereocenters. The lowest BCUT2D eigenvalue weighted by atomic mass is 10.00. The highest BCUT2D eigenvalue weighted by molar-refractivity contribution is 7.22. The van der Waals surface area contributed by atoms with Crippen LogP contribution < -0.4 is 11.1 Å². The molecule has 184 valence electrons. The van der Waals surface area contributed by atoms with Gasteiger partial charge in [-0.1, -0.05) is 59.7 Å². The number of hydrogen-bond donors (Lipinski definition) is 2. The molecule has 3 N–H and O–H groups in total. The summed E-state index contributed by atoms with van der Waals surface area (Å²) >= 11 is 1.39. The van der Waals surface area contributed by atoms with Crippen LogP contribution in [0.3, 0.4) is 0 Å². The minimum absolute atomic E-state index is 0.0152. The zero-order valence-corrected chi connectivity index (χ0v) is 20.4. The number of nitrogens with two attached hydrogens (primary N) is 1. The average Bonchev–Trinajstić information content (AvgIpc) is 3.42. The van der Waals surface area contributed by atoms with Crippen LogP contribution in [0.4, 0.5) is 9.93 Å². The largest absolute Gasteiger partial charge is 0.375 e. The van der Waals surface area contributed by atoms with Crippen LogP contribution in [0.15, 0.2) is 48.5 Å². The Kier molecular flexibility index (Phi) is 6.22. The van der Waals surface area contributed by atoms with Gasteiger partial charge in [-0.25, -0.2) is 14.8 Å². The van der Waals surface area contributed by atoms with Crippen molar-refractivity contribution in [1.82, 2.24) is 30.1 Å². The Hall–Kier alpha value is -4.14. The van der Waals surface area contributed by atoms with E-state index in [1.165, 1.54) is 23.4 Å². The molecular weight excluding hydrogens is 478 g/mol. The van der Waals surface area contributed by atoms with Gasteiger partial charge < -0.3 is 20.9 Å². The fourth-order valence-corrected chi connectivity index (χ4v) is 5.67. The van der Waals surface area contributed by atoms with Gasteiger partial charge in [0.25, 0.3) is 5.91 Å². The quantitative estimate of drug-likeness (QED) is 0.512. The lowest BCUT2D eigenvalue weighted by Crippen LogP contribution is -2.62. The monoisotopic (exact) mass is 503 g/mol. The summed E-state index contributed by atoms with van der Waals surface area (Å²) in [6.07, 6.45) is 4.96. The number of fused-ring (bicyclic) bond motifs is 2. The molecule has 0 radical (unpaired) electrons. The Balaban J connectivity index is 1.56. The molecule has 2 aliphatic heterocycles. The molecule has 5 rings (SSSR count). The Morgan fingerprint density at radius 3 is 2.75 bits per heavy atom. The first kappa shape index (κ1) is 23.6. The highest BCUT2D eigenvalue weighted by Gasteiger charge is 2.52. The minimum Gasteiger partial charge on any atom is -0.375 e. The highest BCUT2D eigenvalue weighted by atomic mass is 32.1. The molecule has 2 aromatic carbocycles. The van der Waals surface area contributed by atoms with Crippen LogP contribution in [0.5, 0.6) is 0 Å². The minimum atomic E-state index is -0.834. The maximum Gasteiger partial charge on any atom is 0.332 e. The summed E-state index contributed by atoms with van der Waals surface area (Å²) in [4.78, 5) is 47.6. The predicted octanol–water partition coefficient (Wildman–Crippen LogP) is 1.62. The van der Waals surface area contributed by atoms with E-state index in [4.69, 9.17) is 12.2 Å². The van der Waals surface area contributed by atoms with Crippen molar-refractivity contribution in [3.05, 3.63) is 59.7 Å². The van der Waals surface area contributed by atoms with E-state index < -0.39 is 18.2 Å². The Labute approximate surface area is 212 Å². The Morgan fingerprint density at radius 2 is 2.03 bits per heavy atom. The summed E-state index contributed by atoms with van der Waals surface area (Å²) in [6, 6.07) is 13.7. The molecule has 0 bridgehead atoms. The van der Waals surface area contributed by atoms with Gasteiger partial charge in [-0.05, 0) is 17.2 Å². The molecule has 3 aromatic rings. The molecule has 0 unspecified atom stereocenters. The number of nitrogen functional groups attached to an aromatic ring is 1. The molecule has 2 aliphatic rings. The maximum absolute atomic E-state index is 13.9. The van der Waals surface area contributed by atoms with Gasteiger partial charge in [0.15, 0.2) is 5.13 Å². The van der Waals surface area contributed by atoms with Crippen molar-refractivity contribution in [2.75, 3.05) is 32.4 Å². The summed E-state index contributed by atoms with van der Waals surface area (Å²) in [5, 5.41) is 6.04. The number of carbonyl (C=O) groups excluding carboxylic acids is 3. The fraction of sp³-hybridized carbons (Fsp3) is 0.280. The standard InChI is InChI=1S/C25H25N7O3S/c1-3-12-30(25(35)27-2)31-15-20(33)32-19(31)14-29(23(34)22(32)16-8-5-4-6-9-16)13-17-10-7-11-18-21(17)28-24(26)36-18/h1,4-11,19,22H,12-15H2,2H3,(H2,26,28)(H,27,35)/t19-,22+/m1/s1. The van der Waals surface area contributed by atoms with E-state index >= 15 is 0 Å². The zero-order valence-electron chi connectivity index (χ0n) is 19.6. The van der Waals surface area contributed by atoms with Crippen molar-refractivity contribution in [3.8, 4) is 12.3 Å². The number of terminal acetylenes is 1. The third kappa shape index (κ3) is 4.00. The van der Waals surface area contributed by atoms with Crippen LogP contribution in [0.25, 0.3) is 10.2 Å². The van der Waals surface area contributed by atoms with Crippen LogP contribution >= 0.6 is 11.3 Å². The normalized spacial score (nSPS) is 19.9. The summed E-state index contributed by atoms with van der Waals surface area (Å²) in [7, 11) is 1.51. The number of piperazine rings is 1. The van der Waals surface area contributed by atoms with E-state index in [1.807, 2.05) is 48.5 Å². The number of aromatic nitrogens is 1. The number of thiazole rings is 1. The summed E-state index contributed by atoms with van der Waals surface area (Å²) in [6.45, 7) is 0.396. The summed E-state index contributed by atoms with van der Waals surface area (Å²) in [5.74, 6) is 2.04. The van der Waals surface area contributed by atoms with E-state index in [0.29, 0.717) is 10.7 Å². The number of urea groups is 1. The van der Waals surface area contributed by atoms with Gasteiger partial charge in [0, 0.05) is 13.6 Å². The zero-order chi connectivity index (χ0) is 25.4. The number of hydrogen-bond acceptors (Lipinski definition) is 7. The third-order valence-corrected chi connectivity index (χ3v) is 7.30. The smallest absolute Gasteiger partial charge is 0.332 e. The first-order valence-corrected chi connectivity index (χ1v) is 12.2. The van der Waals surface area contributed by atoms with Gasteiger partial charge >= 0.3 is 6.03 Å². The average molecular weight is 504 g/mol. The van der Waals surface area contributed by atoms with Crippen LogP contribution in [0.1, 0.15) is 17.2 Å². The number of hydrazine groups is 1. The number of carbonyl (C=O) groups is 3. The van der Waals surface area contributed by atoms with Gasteiger partial charge in [-0.2, -0.15) is 5.01 Å². The van der Waals surface area contributed by atoms with Crippen LogP contribution in [-0.2, 0) is 16.1 Å². The first-order chi connectivity index (χ1) is 17.4. The van der Waals surface area contributed by atoms with Crippen LogP contribution in [0.2, 0.25) is 0 Å². The number of amides is 4. The SMILES string of the molecule is C#CCN(C(=O)NC)N1CC(=O)N2[C@@H](c3ccccc3)C(=O)N(Cc3cccc4sc(N)nc34)C[C@@H]21. The van der Waals surface area contributed by atoms with E-state index in [2.05, 4.69) is 16.2 Å². The molecule has 1 aromatic heterocycles. The molecule has 2 fully saturated rings. The van der Waals surface area contributed by atoms with Crippen LogP contribution in [0, 0.1) is 12.3 Å². The number of para-hydroxylation sites is 1. The number of rotatable bonds is 5.